The molecule has 0 unspecified atom stereocenters. The number of rotatable bonds is 4. The molecule has 2 aromatic rings. The van der Waals surface area contributed by atoms with Gasteiger partial charge in [-0.3, -0.25) is 4.79 Å². The Kier molecular flexibility index (Phi) is 3.28. The van der Waals surface area contributed by atoms with Crippen molar-refractivity contribution in [2.75, 3.05) is 11.9 Å². The van der Waals surface area contributed by atoms with Crippen LogP contribution in [0.4, 0.5) is 5.69 Å². The fourth-order valence-electron chi connectivity index (χ4n) is 1.68. The fourth-order valence-corrected chi connectivity index (χ4v) is 1.68. The molecule has 1 aromatic heterocycles. The number of carbonyl (C=O) groups is 1. The second-order valence-electron chi connectivity index (χ2n) is 4.04. The predicted molar refractivity (Wildman–Crippen MR) is 67.3 cm³/mol. The highest BCUT2D eigenvalue weighted by molar-refractivity contribution is 5.94. The molecule has 0 atom stereocenters. The van der Waals surface area contributed by atoms with E-state index in [2.05, 4.69) is 4.90 Å². The molecule has 0 N–H and O–H groups in total. The number of ketones is 1. The summed E-state index contributed by atoms with van der Waals surface area (Å²) in [5, 5.41) is 0. The average Bonchev–Trinajstić information content (AvgIpc) is 2.82. The normalized spacial score (nSPS) is 10.2. The van der Waals surface area contributed by atoms with Gasteiger partial charge in [0.15, 0.2) is 5.78 Å². The molecule has 1 aromatic carbocycles. The number of anilines is 1. The van der Waals surface area contributed by atoms with Gasteiger partial charge in [0.25, 0.3) is 0 Å². The first-order valence-electron chi connectivity index (χ1n) is 5.51. The summed E-state index contributed by atoms with van der Waals surface area (Å²) in [5.41, 5.74) is 1.80. The van der Waals surface area contributed by atoms with Gasteiger partial charge in [0.2, 0.25) is 0 Å². The van der Waals surface area contributed by atoms with Crippen LogP contribution in [0.3, 0.4) is 0 Å². The molecule has 3 nitrogen and oxygen atoms in total. The monoisotopic (exact) mass is 229 g/mol. The van der Waals surface area contributed by atoms with Crippen LogP contribution < -0.4 is 4.90 Å². The van der Waals surface area contributed by atoms with Crippen molar-refractivity contribution < 1.29 is 9.21 Å². The molecule has 0 fully saturated rings. The van der Waals surface area contributed by atoms with Crippen molar-refractivity contribution in [3.8, 4) is 0 Å². The zero-order valence-corrected chi connectivity index (χ0v) is 10.0. The number of nitrogens with zero attached hydrogens (tertiary/aromatic N) is 1. The minimum atomic E-state index is 0.0882. The Hall–Kier alpha value is -2.03. The molecule has 0 aliphatic carbocycles. The second kappa shape index (κ2) is 4.87. The highest BCUT2D eigenvalue weighted by atomic mass is 16.3. The third kappa shape index (κ3) is 2.75. The number of benzene rings is 1. The molecule has 2 rings (SSSR count). The van der Waals surface area contributed by atoms with Gasteiger partial charge in [-0.1, -0.05) is 0 Å². The van der Waals surface area contributed by atoms with Gasteiger partial charge >= 0.3 is 0 Å². The van der Waals surface area contributed by atoms with E-state index < -0.39 is 0 Å². The molecule has 0 saturated heterocycles. The SMILES string of the molecule is CC(=O)c1ccc(N(C)Cc2ccco2)cc1. The Morgan fingerprint density at radius 2 is 1.94 bits per heavy atom. The molecular weight excluding hydrogens is 214 g/mol. The molecule has 0 aliphatic heterocycles. The molecule has 1 heterocycles. The van der Waals surface area contributed by atoms with Crippen LogP contribution >= 0.6 is 0 Å². The number of furan rings is 1. The van der Waals surface area contributed by atoms with Crippen LogP contribution in [0.2, 0.25) is 0 Å². The van der Waals surface area contributed by atoms with E-state index in [0.29, 0.717) is 6.54 Å². The van der Waals surface area contributed by atoms with Gasteiger partial charge in [0, 0.05) is 18.3 Å². The van der Waals surface area contributed by atoms with Crippen molar-refractivity contribution in [2.24, 2.45) is 0 Å². The summed E-state index contributed by atoms with van der Waals surface area (Å²) >= 11 is 0. The maximum atomic E-state index is 11.2. The number of Topliss-reactive ketones (excluding diaryl/α,β-unsaturated/α-hetero) is 1. The van der Waals surface area contributed by atoms with Crippen molar-refractivity contribution in [1.29, 1.82) is 0 Å². The highest BCUT2D eigenvalue weighted by Gasteiger charge is 2.05. The predicted octanol–water partition coefficient (Wildman–Crippen LogP) is 3.12. The van der Waals surface area contributed by atoms with Crippen LogP contribution in [0.1, 0.15) is 23.0 Å². The van der Waals surface area contributed by atoms with Crippen molar-refractivity contribution in [3.05, 3.63) is 54.0 Å². The van der Waals surface area contributed by atoms with Crippen molar-refractivity contribution in [1.82, 2.24) is 0 Å². The summed E-state index contributed by atoms with van der Waals surface area (Å²) in [4.78, 5) is 13.2. The van der Waals surface area contributed by atoms with Gasteiger partial charge in [-0.2, -0.15) is 0 Å². The van der Waals surface area contributed by atoms with Crippen molar-refractivity contribution >= 4 is 11.5 Å². The molecule has 0 spiro atoms. The van der Waals surface area contributed by atoms with Gasteiger partial charge in [0.1, 0.15) is 5.76 Å². The van der Waals surface area contributed by atoms with Gasteiger partial charge in [-0.15, -0.1) is 0 Å². The summed E-state index contributed by atoms with van der Waals surface area (Å²) in [6, 6.07) is 11.4. The maximum absolute atomic E-state index is 11.2. The summed E-state index contributed by atoms with van der Waals surface area (Å²) in [6.07, 6.45) is 1.67. The quantitative estimate of drug-likeness (QED) is 0.755. The summed E-state index contributed by atoms with van der Waals surface area (Å²) in [7, 11) is 1.99. The molecule has 0 bridgehead atoms. The van der Waals surface area contributed by atoms with Crippen LogP contribution in [0.5, 0.6) is 0 Å². The van der Waals surface area contributed by atoms with E-state index >= 15 is 0 Å². The molecule has 0 amide bonds. The van der Waals surface area contributed by atoms with Crippen LogP contribution in [-0.4, -0.2) is 12.8 Å². The third-order valence-electron chi connectivity index (χ3n) is 2.69. The molecular formula is C14H15NO2. The van der Waals surface area contributed by atoms with Crippen molar-refractivity contribution in [3.63, 3.8) is 0 Å². The Morgan fingerprint density at radius 1 is 1.24 bits per heavy atom. The summed E-state index contributed by atoms with van der Waals surface area (Å²) < 4.78 is 5.29. The number of hydrogen-bond donors (Lipinski definition) is 0. The lowest BCUT2D eigenvalue weighted by Crippen LogP contribution is -2.15. The minimum absolute atomic E-state index is 0.0882. The first-order valence-corrected chi connectivity index (χ1v) is 5.51. The lowest BCUT2D eigenvalue weighted by atomic mass is 10.1. The fraction of sp³-hybridized carbons (Fsp3) is 0.214. The van der Waals surface area contributed by atoms with E-state index in [4.69, 9.17) is 4.42 Å². The second-order valence-corrected chi connectivity index (χ2v) is 4.04. The first-order chi connectivity index (χ1) is 8.16. The summed E-state index contributed by atoms with van der Waals surface area (Å²) in [5.74, 6) is 1.01. The smallest absolute Gasteiger partial charge is 0.159 e. The standard InChI is InChI=1S/C14H15NO2/c1-11(16)12-5-7-13(8-6-12)15(2)10-14-4-3-9-17-14/h3-9H,10H2,1-2H3. The van der Waals surface area contributed by atoms with Crippen LogP contribution in [0.25, 0.3) is 0 Å². The van der Waals surface area contributed by atoms with Crippen LogP contribution in [0.15, 0.2) is 47.1 Å². The maximum Gasteiger partial charge on any atom is 0.159 e. The van der Waals surface area contributed by atoms with Crippen LogP contribution in [-0.2, 0) is 6.54 Å². The lowest BCUT2D eigenvalue weighted by molar-refractivity contribution is 0.101. The number of carbonyl (C=O) groups excluding carboxylic acids is 1. The van der Waals surface area contributed by atoms with Gasteiger partial charge < -0.3 is 9.32 Å². The van der Waals surface area contributed by atoms with Crippen LogP contribution in [0, 0.1) is 0 Å². The largest absolute Gasteiger partial charge is 0.467 e. The van der Waals surface area contributed by atoms with Crippen molar-refractivity contribution in [2.45, 2.75) is 13.5 Å². The van der Waals surface area contributed by atoms with E-state index in [-0.39, 0.29) is 5.78 Å². The Bertz CT molecular complexity index is 485. The molecule has 3 heteroatoms. The highest BCUT2D eigenvalue weighted by Crippen LogP contribution is 2.16. The van der Waals surface area contributed by atoms with Gasteiger partial charge in [-0.05, 0) is 43.3 Å². The minimum Gasteiger partial charge on any atom is -0.467 e. The lowest BCUT2D eigenvalue weighted by Gasteiger charge is -2.17. The molecule has 0 saturated carbocycles. The van der Waals surface area contributed by atoms with E-state index in [9.17, 15) is 4.79 Å². The molecule has 0 radical (unpaired) electrons. The zero-order valence-electron chi connectivity index (χ0n) is 10.0. The van der Waals surface area contributed by atoms with E-state index in [1.165, 1.54) is 0 Å². The van der Waals surface area contributed by atoms with E-state index in [1.807, 2.05) is 43.4 Å². The number of hydrogen-bond acceptors (Lipinski definition) is 3. The zero-order chi connectivity index (χ0) is 12.3. The Balaban J connectivity index is 2.09. The molecule has 17 heavy (non-hydrogen) atoms. The Morgan fingerprint density at radius 3 is 2.47 bits per heavy atom. The third-order valence-corrected chi connectivity index (χ3v) is 2.69. The van der Waals surface area contributed by atoms with E-state index in [1.54, 1.807) is 13.2 Å². The topological polar surface area (TPSA) is 33.5 Å². The molecule has 88 valence electrons. The average molecular weight is 229 g/mol. The molecule has 0 aliphatic rings. The Labute approximate surface area is 101 Å². The van der Waals surface area contributed by atoms with Gasteiger partial charge in [0.05, 0.1) is 12.8 Å². The van der Waals surface area contributed by atoms with Gasteiger partial charge in [-0.25, -0.2) is 0 Å². The first kappa shape index (κ1) is 11.5. The summed E-state index contributed by atoms with van der Waals surface area (Å²) in [6.45, 7) is 2.29. The van der Waals surface area contributed by atoms with E-state index in [0.717, 1.165) is 17.0 Å².